The van der Waals surface area contributed by atoms with Crippen LogP contribution >= 0.6 is 11.3 Å². The summed E-state index contributed by atoms with van der Waals surface area (Å²) in [5.41, 5.74) is 14.5. The standard InChI is InChI=1S/C11H13N3S/c12-6-5-8-3-1-2-4-9(8)10-7-15-11(13)14-10/h1-4,7H,5-6,12H2,(H2,13,14). The van der Waals surface area contributed by atoms with Crippen LogP contribution in [0.5, 0.6) is 0 Å². The Labute approximate surface area is 92.8 Å². The Balaban J connectivity index is 2.42. The van der Waals surface area contributed by atoms with E-state index in [2.05, 4.69) is 17.1 Å². The predicted molar refractivity (Wildman–Crippen MR) is 64.7 cm³/mol. The molecule has 0 unspecified atom stereocenters. The molecule has 0 aliphatic heterocycles. The number of nitrogens with zero attached hydrogens (tertiary/aromatic N) is 1. The van der Waals surface area contributed by atoms with E-state index in [9.17, 15) is 0 Å². The molecule has 0 amide bonds. The van der Waals surface area contributed by atoms with Gasteiger partial charge in [0.2, 0.25) is 0 Å². The molecular formula is C11H13N3S. The van der Waals surface area contributed by atoms with Crippen molar-refractivity contribution in [3.05, 3.63) is 35.2 Å². The highest BCUT2D eigenvalue weighted by Crippen LogP contribution is 2.26. The largest absolute Gasteiger partial charge is 0.375 e. The minimum atomic E-state index is 0.604. The maximum absolute atomic E-state index is 5.62. The van der Waals surface area contributed by atoms with Gasteiger partial charge in [-0.3, -0.25) is 0 Å². The Kier molecular flexibility index (Phi) is 2.99. The first-order valence-electron chi connectivity index (χ1n) is 4.80. The van der Waals surface area contributed by atoms with Gasteiger partial charge in [0.1, 0.15) is 0 Å². The van der Waals surface area contributed by atoms with E-state index < -0.39 is 0 Å². The van der Waals surface area contributed by atoms with Crippen LogP contribution < -0.4 is 11.5 Å². The first-order valence-corrected chi connectivity index (χ1v) is 5.68. The molecule has 1 aromatic heterocycles. The van der Waals surface area contributed by atoms with Gasteiger partial charge in [-0.15, -0.1) is 11.3 Å². The summed E-state index contributed by atoms with van der Waals surface area (Å²) in [5, 5.41) is 2.58. The summed E-state index contributed by atoms with van der Waals surface area (Å²) in [6.07, 6.45) is 0.869. The topological polar surface area (TPSA) is 64.9 Å². The maximum atomic E-state index is 5.62. The lowest BCUT2D eigenvalue weighted by atomic mass is 10.0. The highest BCUT2D eigenvalue weighted by atomic mass is 32.1. The molecule has 0 radical (unpaired) electrons. The first kappa shape index (κ1) is 10.1. The van der Waals surface area contributed by atoms with Crippen molar-refractivity contribution in [2.45, 2.75) is 6.42 Å². The summed E-state index contributed by atoms with van der Waals surface area (Å²) < 4.78 is 0. The molecule has 4 N–H and O–H groups in total. The fourth-order valence-electron chi connectivity index (χ4n) is 1.56. The minimum absolute atomic E-state index is 0.604. The average molecular weight is 219 g/mol. The van der Waals surface area contributed by atoms with Gasteiger partial charge in [-0.1, -0.05) is 24.3 Å². The van der Waals surface area contributed by atoms with Crippen molar-refractivity contribution >= 4 is 16.5 Å². The number of aromatic nitrogens is 1. The highest BCUT2D eigenvalue weighted by molar-refractivity contribution is 7.13. The number of hydrogen-bond donors (Lipinski definition) is 2. The molecule has 0 aliphatic rings. The van der Waals surface area contributed by atoms with Crippen LogP contribution in [0.3, 0.4) is 0 Å². The van der Waals surface area contributed by atoms with E-state index in [4.69, 9.17) is 11.5 Å². The minimum Gasteiger partial charge on any atom is -0.375 e. The van der Waals surface area contributed by atoms with Gasteiger partial charge in [-0.05, 0) is 18.5 Å². The van der Waals surface area contributed by atoms with Gasteiger partial charge in [-0.25, -0.2) is 4.98 Å². The molecule has 0 aliphatic carbocycles. The third-order valence-electron chi connectivity index (χ3n) is 2.23. The van der Waals surface area contributed by atoms with Gasteiger partial charge in [0.25, 0.3) is 0 Å². The molecule has 78 valence electrons. The molecule has 0 saturated carbocycles. The third-order valence-corrected chi connectivity index (χ3v) is 2.90. The van der Waals surface area contributed by atoms with Crippen LogP contribution in [-0.2, 0) is 6.42 Å². The van der Waals surface area contributed by atoms with Crippen molar-refractivity contribution in [3.8, 4) is 11.3 Å². The normalized spacial score (nSPS) is 10.5. The lowest BCUT2D eigenvalue weighted by Crippen LogP contribution is -2.03. The Morgan fingerprint density at radius 3 is 2.73 bits per heavy atom. The van der Waals surface area contributed by atoms with Gasteiger partial charge in [0.15, 0.2) is 5.13 Å². The van der Waals surface area contributed by atoms with E-state index in [0.717, 1.165) is 17.7 Å². The molecule has 1 heterocycles. The lowest BCUT2D eigenvalue weighted by Gasteiger charge is -2.05. The van der Waals surface area contributed by atoms with Crippen molar-refractivity contribution in [2.75, 3.05) is 12.3 Å². The number of hydrogen-bond acceptors (Lipinski definition) is 4. The number of rotatable bonds is 3. The first-order chi connectivity index (χ1) is 7.31. The molecule has 2 rings (SSSR count). The second-order valence-electron chi connectivity index (χ2n) is 3.27. The van der Waals surface area contributed by atoms with Crippen molar-refractivity contribution in [2.24, 2.45) is 5.73 Å². The van der Waals surface area contributed by atoms with E-state index in [0.29, 0.717) is 11.7 Å². The van der Waals surface area contributed by atoms with Gasteiger partial charge in [0.05, 0.1) is 5.69 Å². The molecular weight excluding hydrogens is 206 g/mol. The van der Waals surface area contributed by atoms with Crippen molar-refractivity contribution in [1.29, 1.82) is 0 Å². The van der Waals surface area contributed by atoms with Crippen molar-refractivity contribution in [1.82, 2.24) is 4.98 Å². The third kappa shape index (κ3) is 2.16. The summed E-state index contributed by atoms with van der Waals surface area (Å²) in [6.45, 7) is 0.649. The fraction of sp³-hybridized carbons (Fsp3) is 0.182. The van der Waals surface area contributed by atoms with Crippen LogP contribution in [0.15, 0.2) is 29.6 Å². The number of thiazole rings is 1. The van der Waals surface area contributed by atoms with E-state index >= 15 is 0 Å². The molecule has 0 spiro atoms. The Bertz CT molecular complexity index is 451. The number of nitrogen functional groups attached to an aromatic ring is 1. The van der Waals surface area contributed by atoms with Crippen molar-refractivity contribution < 1.29 is 0 Å². The quantitative estimate of drug-likeness (QED) is 0.828. The zero-order chi connectivity index (χ0) is 10.7. The van der Waals surface area contributed by atoms with Gasteiger partial charge >= 0.3 is 0 Å². The number of anilines is 1. The van der Waals surface area contributed by atoms with Gasteiger partial charge < -0.3 is 11.5 Å². The molecule has 0 bridgehead atoms. The Hall–Kier alpha value is -1.39. The van der Waals surface area contributed by atoms with Crippen LogP contribution in [0.1, 0.15) is 5.56 Å². The average Bonchev–Trinajstić information content (AvgIpc) is 2.66. The predicted octanol–water partition coefficient (Wildman–Crippen LogP) is 1.89. The molecule has 0 saturated heterocycles. The number of nitrogens with two attached hydrogens (primary N) is 2. The van der Waals surface area contributed by atoms with Crippen LogP contribution in [-0.4, -0.2) is 11.5 Å². The molecule has 4 heteroatoms. The van der Waals surface area contributed by atoms with E-state index in [1.54, 1.807) is 0 Å². The lowest BCUT2D eigenvalue weighted by molar-refractivity contribution is 0.970. The second kappa shape index (κ2) is 4.42. The van der Waals surface area contributed by atoms with Crippen LogP contribution in [0.4, 0.5) is 5.13 Å². The summed E-state index contributed by atoms with van der Waals surface area (Å²) in [5.74, 6) is 0. The second-order valence-corrected chi connectivity index (χ2v) is 4.16. The fourth-order valence-corrected chi connectivity index (χ4v) is 2.12. The summed E-state index contributed by atoms with van der Waals surface area (Å²) in [4.78, 5) is 4.28. The van der Waals surface area contributed by atoms with Crippen LogP contribution in [0.25, 0.3) is 11.3 Å². The summed E-state index contributed by atoms with van der Waals surface area (Å²) >= 11 is 1.46. The zero-order valence-corrected chi connectivity index (χ0v) is 9.13. The summed E-state index contributed by atoms with van der Waals surface area (Å²) in [7, 11) is 0. The smallest absolute Gasteiger partial charge is 0.180 e. The number of benzene rings is 1. The van der Waals surface area contributed by atoms with E-state index in [1.165, 1.54) is 16.9 Å². The molecule has 3 nitrogen and oxygen atoms in total. The van der Waals surface area contributed by atoms with Gasteiger partial charge in [0, 0.05) is 10.9 Å². The Morgan fingerprint density at radius 2 is 2.07 bits per heavy atom. The molecule has 2 aromatic rings. The van der Waals surface area contributed by atoms with Gasteiger partial charge in [-0.2, -0.15) is 0 Å². The monoisotopic (exact) mass is 219 g/mol. The van der Waals surface area contributed by atoms with Crippen molar-refractivity contribution in [3.63, 3.8) is 0 Å². The zero-order valence-electron chi connectivity index (χ0n) is 8.31. The van der Waals surface area contributed by atoms with Crippen LogP contribution in [0, 0.1) is 0 Å². The van der Waals surface area contributed by atoms with Crippen LogP contribution in [0.2, 0.25) is 0 Å². The van der Waals surface area contributed by atoms with E-state index in [1.807, 2.05) is 17.5 Å². The summed E-state index contributed by atoms with van der Waals surface area (Å²) in [6, 6.07) is 8.16. The molecule has 1 aromatic carbocycles. The maximum Gasteiger partial charge on any atom is 0.180 e. The highest BCUT2D eigenvalue weighted by Gasteiger charge is 2.06. The molecule has 0 atom stereocenters. The molecule has 15 heavy (non-hydrogen) atoms. The Morgan fingerprint density at radius 1 is 1.27 bits per heavy atom. The SMILES string of the molecule is NCCc1ccccc1-c1csc(N)n1. The molecule has 0 fully saturated rings. The van der Waals surface area contributed by atoms with E-state index in [-0.39, 0.29) is 0 Å².